The third kappa shape index (κ3) is 2.72. The third-order valence-electron chi connectivity index (χ3n) is 4.05. The van der Waals surface area contributed by atoms with Crippen molar-refractivity contribution < 1.29 is 13.5 Å². The first kappa shape index (κ1) is 16.6. The predicted molar refractivity (Wildman–Crippen MR) is 91.0 cm³/mol. The Balaban J connectivity index is 2.47. The van der Waals surface area contributed by atoms with Crippen molar-refractivity contribution in [1.29, 1.82) is 5.26 Å². The molecule has 0 amide bonds. The molecule has 0 aliphatic rings. The second kappa shape index (κ2) is 6.70. The van der Waals surface area contributed by atoms with E-state index in [0.29, 0.717) is 11.1 Å². The fourth-order valence-corrected chi connectivity index (χ4v) is 2.91. The number of ether oxygens (including phenoxy) is 1. The van der Waals surface area contributed by atoms with Crippen LogP contribution in [0.2, 0.25) is 0 Å². The molecule has 0 unspecified atom stereocenters. The molecule has 3 aromatic rings. The Morgan fingerprint density at radius 3 is 2.36 bits per heavy atom. The van der Waals surface area contributed by atoms with Gasteiger partial charge in [-0.05, 0) is 30.2 Å². The summed E-state index contributed by atoms with van der Waals surface area (Å²) in [6.45, 7) is 1.65. The van der Waals surface area contributed by atoms with Crippen LogP contribution in [-0.4, -0.2) is 12.1 Å². The zero-order valence-electron chi connectivity index (χ0n) is 13.7. The zero-order chi connectivity index (χ0) is 18.0. The lowest BCUT2D eigenvalue weighted by molar-refractivity contribution is 0.411. The maximum Gasteiger partial charge on any atom is 0.220 e. The molecule has 124 valence electrons. The van der Waals surface area contributed by atoms with Gasteiger partial charge in [-0.2, -0.15) is 9.65 Å². The summed E-state index contributed by atoms with van der Waals surface area (Å²) in [4.78, 5) is 3.58. The lowest BCUT2D eigenvalue weighted by atomic mass is 9.90. The molecule has 25 heavy (non-hydrogen) atoms. The van der Waals surface area contributed by atoms with Gasteiger partial charge in [0.05, 0.1) is 18.2 Å². The summed E-state index contributed by atoms with van der Waals surface area (Å²) < 4.78 is 35.0. The fourth-order valence-electron chi connectivity index (χ4n) is 2.91. The maximum absolute atomic E-state index is 15.5. The highest BCUT2D eigenvalue weighted by atomic mass is 19.1. The highest BCUT2D eigenvalue weighted by Gasteiger charge is 2.26. The first-order chi connectivity index (χ1) is 12.1. The second-order valence-electron chi connectivity index (χ2n) is 5.42. The lowest BCUT2D eigenvalue weighted by Gasteiger charge is -2.18. The molecule has 0 radical (unpaired) electrons. The van der Waals surface area contributed by atoms with E-state index in [1.54, 1.807) is 31.2 Å². The van der Waals surface area contributed by atoms with Gasteiger partial charge >= 0.3 is 0 Å². The number of hydrogen-bond acceptors (Lipinski definition) is 3. The van der Waals surface area contributed by atoms with E-state index in [2.05, 4.69) is 4.98 Å². The van der Waals surface area contributed by atoms with Crippen molar-refractivity contribution >= 4 is 0 Å². The SMILES string of the molecule is COc1c(C#N)c(C)c(-c2ccccc2)c(F)c1-c1cccnc1F. The Morgan fingerprint density at radius 2 is 1.76 bits per heavy atom. The van der Waals surface area contributed by atoms with Crippen LogP contribution in [0.1, 0.15) is 11.1 Å². The van der Waals surface area contributed by atoms with Crippen LogP contribution in [0.4, 0.5) is 8.78 Å². The summed E-state index contributed by atoms with van der Waals surface area (Å²) in [5.74, 6) is -1.47. The van der Waals surface area contributed by atoms with Crippen LogP contribution in [-0.2, 0) is 0 Å². The van der Waals surface area contributed by atoms with Crippen LogP contribution >= 0.6 is 0 Å². The Bertz CT molecular complexity index is 979. The summed E-state index contributed by atoms with van der Waals surface area (Å²) >= 11 is 0. The van der Waals surface area contributed by atoms with Gasteiger partial charge in [-0.1, -0.05) is 30.3 Å². The maximum atomic E-state index is 15.5. The minimum absolute atomic E-state index is 0.00378. The number of nitrogens with zero attached hydrogens (tertiary/aromatic N) is 2. The van der Waals surface area contributed by atoms with Crippen molar-refractivity contribution in [2.75, 3.05) is 7.11 Å². The molecule has 0 fully saturated rings. The van der Waals surface area contributed by atoms with Crippen LogP contribution in [0.3, 0.4) is 0 Å². The van der Waals surface area contributed by atoms with E-state index in [0.717, 1.165) is 0 Å². The summed E-state index contributed by atoms with van der Waals surface area (Å²) in [5, 5.41) is 9.57. The Kier molecular flexibility index (Phi) is 4.44. The lowest BCUT2D eigenvalue weighted by Crippen LogP contribution is -2.03. The summed E-state index contributed by atoms with van der Waals surface area (Å²) in [7, 11) is 1.33. The van der Waals surface area contributed by atoms with Crippen LogP contribution < -0.4 is 4.74 Å². The van der Waals surface area contributed by atoms with Crippen molar-refractivity contribution in [2.45, 2.75) is 6.92 Å². The first-order valence-electron chi connectivity index (χ1n) is 7.56. The quantitative estimate of drug-likeness (QED) is 0.640. The van der Waals surface area contributed by atoms with Gasteiger partial charge in [-0.25, -0.2) is 9.37 Å². The van der Waals surface area contributed by atoms with Crippen LogP contribution in [0.5, 0.6) is 5.75 Å². The average molecular weight is 336 g/mol. The molecule has 1 aromatic heterocycles. The molecule has 0 atom stereocenters. The van der Waals surface area contributed by atoms with Gasteiger partial charge in [-0.3, -0.25) is 0 Å². The molecule has 2 aromatic carbocycles. The third-order valence-corrected chi connectivity index (χ3v) is 4.05. The van der Waals surface area contributed by atoms with Gasteiger partial charge < -0.3 is 4.74 Å². The zero-order valence-corrected chi connectivity index (χ0v) is 13.7. The summed E-state index contributed by atoms with van der Waals surface area (Å²) in [6, 6.07) is 13.8. The number of nitriles is 1. The second-order valence-corrected chi connectivity index (χ2v) is 5.42. The Labute approximate surface area is 144 Å². The molecule has 3 rings (SSSR count). The average Bonchev–Trinajstić information content (AvgIpc) is 2.63. The van der Waals surface area contributed by atoms with Crippen molar-refractivity contribution in [3.05, 3.63) is 71.6 Å². The topological polar surface area (TPSA) is 45.9 Å². The summed E-state index contributed by atoms with van der Waals surface area (Å²) in [6.07, 6.45) is 1.28. The van der Waals surface area contributed by atoms with Crippen LogP contribution in [0.25, 0.3) is 22.3 Å². The Hall–Kier alpha value is -3.26. The van der Waals surface area contributed by atoms with Gasteiger partial charge in [0.25, 0.3) is 0 Å². The minimum Gasteiger partial charge on any atom is -0.495 e. The molecule has 0 spiro atoms. The molecule has 0 bridgehead atoms. The molecule has 1 heterocycles. The predicted octanol–water partition coefficient (Wildman–Crippen LogP) is 4.88. The number of benzene rings is 2. The molecule has 0 N–H and O–H groups in total. The Morgan fingerprint density at radius 1 is 1.04 bits per heavy atom. The fraction of sp³-hybridized carbons (Fsp3) is 0.100. The standard InChI is InChI=1S/C20H14F2N2O/c1-12-15(11-23)19(25-2)17(14-9-6-10-24-20(14)22)18(21)16(12)13-7-4-3-5-8-13/h3-10H,1-2H3. The van der Waals surface area contributed by atoms with E-state index in [1.807, 2.05) is 12.1 Å². The number of rotatable bonds is 3. The largest absolute Gasteiger partial charge is 0.495 e. The van der Waals surface area contributed by atoms with Crippen molar-refractivity contribution in [3.8, 4) is 34.1 Å². The highest BCUT2D eigenvalue weighted by Crippen LogP contribution is 2.43. The molecule has 0 aliphatic carbocycles. The smallest absolute Gasteiger partial charge is 0.220 e. The van der Waals surface area contributed by atoms with Gasteiger partial charge in [0.1, 0.15) is 17.6 Å². The number of methoxy groups -OCH3 is 1. The van der Waals surface area contributed by atoms with Crippen LogP contribution in [0, 0.1) is 30.0 Å². The van der Waals surface area contributed by atoms with Gasteiger partial charge in [0, 0.05) is 17.3 Å². The number of halogens is 2. The molecular weight excluding hydrogens is 322 g/mol. The van der Waals surface area contributed by atoms with E-state index in [1.165, 1.54) is 25.4 Å². The van der Waals surface area contributed by atoms with E-state index in [-0.39, 0.29) is 28.0 Å². The summed E-state index contributed by atoms with van der Waals surface area (Å²) in [5.41, 5.74) is 1.30. The monoisotopic (exact) mass is 336 g/mol. The van der Waals surface area contributed by atoms with Gasteiger partial charge in [-0.15, -0.1) is 0 Å². The van der Waals surface area contributed by atoms with E-state index in [9.17, 15) is 9.65 Å². The van der Waals surface area contributed by atoms with E-state index < -0.39 is 11.8 Å². The van der Waals surface area contributed by atoms with Gasteiger partial charge in [0.2, 0.25) is 5.95 Å². The molecule has 0 saturated carbocycles. The molecular formula is C20H14F2N2O. The number of hydrogen-bond donors (Lipinski definition) is 0. The van der Waals surface area contributed by atoms with E-state index >= 15 is 4.39 Å². The molecule has 5 heteroatoms. The molecule has 3 nitrogen and oxygen atoms in total. The first-order valence-corrected chi connectivity index (χ1v) is 7.56. The molecule has 0 saturated heterocycles. The number of aromatic nitrogens is 1. The van der Waals surface area contributed by atoms with Crippen molar-refractivity contribution in [3.63, 3.8) is 0 Å². The minimum atomic E-state index is -0.827. The highest BCUT2D eigenvalue weighted by molar-refractivity contribution is 5.84. The van der Waals surface area contributed by atoms with E-state index in [4.69, 9.17) is 4.74 Å². The van der Waals surface area contributed by atoms with Crippen LogP contribution in [0.15, 0.2) is 48.7 Å². The van der Waals surface area contributed by atoms with Crippen molar-refractivity contribution in [1.82, 2.24) is 4.98 Å². The van der Waals surface area contributed by atoms with Crippen molar-refractivity contribution in [2.24, 2.45) is 0 Å². The number of pyridine rings is 1. The van der Waals surface area contributed by atoms with Gasteiger partial charge in [0.15, 0.2) is 0 Å². The molecule has 0 aliphatic heterocycles. The normalized spacial score (nSPS) is 10.4.